The van der Waals surface area contributed by atoms with E-state index in [1.807, 2.05) is 37.3 Å². The van der Waals surface area contributed by atoms with Crippen molar-refractivity contribution >= 4 is 21.6 Å². The smallest absolute Gasteiger partial charge is 0.243 e. The SMILES string of the molecule is CCCCNC(=O)C(C)N(c1ccc(Oc2ccccc2)cc1)S(C)(=O)=O. The first-order chi connectivity index (χ1) is 12.8. The molecule has 2 aromatic rings. The molecule has 2 rings (SSSR count). The fourth-order valence-corrected chi connectivity index (χ4v) is 3.81. The van der Waals surface area contributed by atoms with E-state index in [9.17, 15) is 13.2 Å². The lowest BCUT2D eigenvalue weighted by atomic mass is 10.2. The Morgan fingerprint density at radius 1 is 1.07 bits per heavy atom. The summed E-state index contributed by atoms with van der Waals surface area (Å²) in [6, 6.07) is 15.1. The molecule has 0 aromatic heterocycles. The molecular formula is C20H26N2O4S. The lowest BCUT2D eigenvalue weighted by Crippen LogP contribution is -2.48. The molecule has 0 spiro atoms. The highest BCUT2D eigenvalue weighted by atomic mass is 32.2. The predicted octanol–water partition coefficient (Wildman–Crippen LogP) is 3.55. The zero-order valence-corrected chi connectivity index (χ0v) is 16.7. The zero-order valence-electron chi connectivity index (χ0n) is 15.9. The Morgan fingerprint density at radius 2 is 1.67 bits per heavy atom. The summed E-state index contributed by atoms with van der Waals surface area (Å²) in [5.74, 6) is 0.950. The first-order valence-electron chi connectivity index (χ1n) is 8.93. The van der Waals surface area contributed by atoms with Crippen molar-refractivity contribution in [2.75, 3.05) is 17.1 Å². The highest BCUT2D eigenvalue weighted by Gasteiger charge is 2.28. The highest BCUT2D eigenvalue weighted by Crippen LogP contribution is 2.26. The number of benzene rings is 2. The number of nitrogens with one attached hydrogen (secondary N) is 1. The van der Waals surface area contributed by atoms with E-state index < -0.39 is 16.1 Å². The van der Waals surface area contributed by atoms with Crippen LogP contribution in [0, 0.1) is 0 Å². The molecule has 1 unspecified atom stereocenters. The number of sulfonamides is 1. The minimum Gasteiger partial charge on any atom is -0.457 e. The van der Waals surface area contributed by atoms with Gasteiger partial charge in [0.2, 0.25) is 15.9 Å². The van der Waals surface area contributed by atoms with Gasteiger partial charge < -0.3 is 10.1 Å². The van der Waals surface area contributed by atoms with Crippen molar-refractivity contribution in [1.29, 1.82) is 0 Å². The second-order valence-corrected chi connectivity index (χ2v) is 8.15. The van der Waals surface area contributed by atoms with Gasteiger partial charge in [0.25, 0.3) is 0 Å². The van der Waals surface area contributed by atoms with Crippen molar-refractivity contribution in [1.82, 2.24) is 5.32 Å². The summed E-state index contributed by atoms with van der Waals surface area (Å²) in [6.07, 6.45) is 2.90. The Balaban J connectivity index is 2.18. The predicted molar refractivity (Wildman–Crippen MR) is 108 cm³/mol. The Labute approximate surface area is 161 Å². The van der Waals surface area contributed by atoms with Crippen LogP contribution in [0.5, 0.6) is 11.5 Å². The molecule has 0 bridgehead atoms. The number of carbonyl (C=O) groups excluding carboxylic acids is 1. The summed E-state index contributed by atoms with van der Waals surface area (Å²) >= 11 is 0. The first-order valence-corrected chi connectivity index (χ1v) is 10.8. The van der Waals surface area contributed by atoms with E-state index in [4.69, 9.17) is 4.74 Å². The molecule has 0 fully saturated rings. The van der Waals surface area contributed by atoms with E-state index in [0.717, 1.165) is 23.4 Å². The number of para-hydroxylation sites is 1. The number of nitrogens with zero attached hydrogens (tertiary/aromatic N) is 1. The standard InChI is InChI=1S/C20H26N2O4S/c1-4-5-15-21-20(23)16(2)22(27(3,24)25)17-11-13-19(14-12-17)26-18-9-7-6-8-10-18/h6-14,16H,4-5,15H2,1-3H3,(H,21,23). The van der Waals surface area contributed by atoms with Crippen molar-refractivity contribution in [2.45, 2.75) is 32.7 Å². The maximum absolute atomic E-state index is 12.3. The number of hydrogen-bond acceptors (Lipinski definition) is 4. The number of ether oxygens (including phenoxy) is 1. The average molecular weight is 391 g/mol. The van der Waals surface area contributed by atoms with E-state index in [1.165, 1.54) is 0 Å². The van der Waals surface area contributed by atoms with Gasteiger partial charge in [-0.2, -0.15) is 0 Å². The van der Waals surface area contributed by atoms with Gasteiger partial charge in [0, 0.05) is 6.54 Å². The summed E-state index contributed by atoms with van der Waals surface area (Å²) in [4.78, 5) is 12.3. The number of anilines is 1. The second-order valence-electron chi connectivity index (χ2n) is 6.29. The van der Waals surface area contributed by atoms with Crippen molar-refractivity contribution in [3.63, 3.8) is 0 Å². The number of carbonyl (C=O) groups is 1. The monoisotopic (exact) mass is 390 g/mol. The number of rotatable bonds is 9. The van der Waals surface area contributed by atoms with Gasteiger partial charge in [0.05, 0.1) is 11.9 Å². The second kappa shape index (κ2) is 9.41. The van der Waals surface area contributed by atoms with Gasteiger partial charge in [-0.05, 0) is 49.7 Å². The van der Waals surface area contributed by atoms with Crippen LogP contribution in [-0.4, -0.2) is 33.2 Å². The minimum atomic E-state index is -3.63. The van der Waals surface area contributed by atoms with Crippen LogP contribution in [0.4, 0.5) is 5.69 Å². The van der Waals surface area contributed by atoms with Crippen LogP contribution in [0.25, 0.3) is 0 Å². The van der Waals surface area contributed by atoms with Crippen LogP contribution < -0.4 is 14.4 Å². The number of amides is 1. The maximum Gasteiger partial charge on any atom is 0.243 e. The Hall–Kier alpha value is -2.54. The van der Waals surface area contributed by atoms with Crippen LogP contribution in [0.3, 0.4) is 0 Å². The van der Waals surface area contributed by atoms with Gasteiger partial charge in [0.1, 0.15) is 17.5 Å². The lowest BCUT2D eigenvalue weighted by molar-refractivity contribution is -0.121. The van der Waals surface area contributed by atoms with Gasteiger partial charge in [-0.3, -0.25) is 9.10 Å². The first kappa shape index (κ1) is 20.8. The van der Waals surface area contributed by atoms with E-state index in [2.05, 4.69) is 5.32 Å². The lowest BCUT2D eigenvalue weighted by Gasteiger charge is -2.28. The third-order valence-electron chi connectivity index (χ3n) is 3.99. The van der Waals surface area contributed by atoms with Gasteiger partial charge in [-0.15, -0.1) is 0 Å². The molecule has 1 amide bonds. The van der Waals surface area contributed by atoms with Crippen LogP contribution in [0.15, 0.2) is 54.6 Å². The Morgan fingerprint density at radius 3 is 2.22 bits per heavy atom. The summed E-state index contributed by atoms with van der Waals surface area (Å²) in [5.41, 5.74) is 0.413. The van der Waals surface area contributed by atoms with Crippen molar-refractivity contribution in [3.8, 4) is 11.5 Å². The molecule has 1 N–H and O–H groups in total. The fourth-order valence-electron chi connectivity index (χ4n) is 2.63. The van der Waals surface area contributed by atoms with Gasteiger partial charge in [-0.1, -0.05) is 31.5 Å². The summed E-state index contributed by atoms with van der Waals surface area (Å²) in [5, 5.41) is 2.78. The molecule has 6 nitrogen and oxygen atoms in total. The molecule has 0 aliphatic carbocycles. The minimum absolute atomic E-state index is 0.321. The topological polar surface area (TPSA) is 75.7 Å². The molecule has 27 heavy (non-hydrogen) atoms. The molecule has 146 valence electrons. The summed E-state index contributed by atoms with van der Waals surface area (Å²) < 4.78 is 31.4. The van der Waals surface area contributed by atoms with E-state index in [-0.39, 0.29) is 5.91 Å². The molecule has 0 heterocycles. The van der Waals surface area contributed by atoms with Crippen molar-refractivity contribution in [2.24, 2.45) is 0 Å². The molecular weight excluding hydrogens is 364 g/mol. The molecule has 0 radical (unpaired) electrons. The van der Waals surface area contributed by atoms with Crippen LogP contribution in [0.1, 0.15) is 26.7 Å². The third kappa shape index (κ3) is 5.99. The van der Waals surface area contributed by atoms with Gasteiger partial charge in [0.15, 0.2) is 0 Å². The Kier molecular flexibility index (Phi) is 7.24. The van der Waals surface area contributed by atoms with Crippen LogP contribution in [0.2, 0.25) is 0 Å². The molecule has 7 heteroatoms. The summed E-state index contributed by atoms with van der Waals surface area (Å²) in [7, 11) is -3.63. The average Bonchev–Trinajstić information content (AvgIpc) is 2.63. The van der Waals surface area contributed by atoms with E-state index in [0.29, 0.717) is 23.7 Å². The van der Waals surface area contributed by atoms with Crippen LogP contribution in [-0.2, 0) is 14.8 Å². The van der Waals surface area contributed by atoms with Gasteiger partial charge >= 0.3 is 0 Å². The molecule has 0 saturated heterocycles. The Bertz CT molecular complexity index is 836. The van der Waals surface area contributed by atoms with Crippen molar-refractivity contribution < 1.29 is 17.9 Å². The zero-order chi connectivity index (χ0) is 19.9. The molecule has 0 aliphatic rings. The fraction of sp³-hybridized carbons (Fsp3) is 0.350. The largest absolute Gasteiger partial charge is 0.457 e. The van der Waals surface area contributed by atoms with Crippen LogP contribution >= 0.6 is 0 Å². The van der Waals surface area contributed by atoms with E-state index >= 15 is 0 Å². The third-order valence-corrected chi connectivity index (χ3v) is 5.23. The summed E-state index contributed by atoms with van der Waals surface area (Å²) in [6.45, 7) is 4.13. The van der Waals surface area contributed by atoms with Crippen molar-refractivity contribution in [3.05, 3.63) is 54.6 Å². The molecule has 0 aliphatic heterocycles. The molecule has 1 atom stereocenters. The quantitative estimate of drug-likeness (QED) is 0.665. The normalized spacial score (nSPS) is 12.3. The van der Waals surface area contributed by atoms with Gasteiger partial charge in [-0.25, -0.2) is 8.42 Å². The molecule has 2 aromatic carbocycles. The molecule has 0 saturated carbocycles. The van der Waals surface area contributed by atoms with E-state index in [1.54, 1.807) is 31.2 Å². The number of hydrogen-bond donors (Lipinski definition) is 1. The maximum atomic E-state index is 12.3. The number of unbranched alkanes of at least 4 members (excludes halogenated alkanes) is 1. The highest BCUT2D eigenvalue weighted by molar-refractivity contribution is 7.92.